The molecule has 58 heavy (non-hydrogen) atoms. The maximum atomic E-state index is 12.0. The molecule has 0 heterocycles. The number of rotatable bonds is 30. The minimum atomic E-state index is -1.16. The van der Waals surface area contributed by atoms with Gasteiger partial charge in [-0.1, -0.05) is 170 Å². The normalized spacial score (nSPS) is 12.3. The molecule has 0 saturated heterocycles. The Labute approximate surface area is 351 Å². The van der Waals surface area contributed by atoms with E-state index in [1.807, 2.05) is 12.1 Å². The fourth-order valence-corrected chi connectivity index (χ4v) is 8.09. The number of carboxylic acid groups (broad SMARTS) is 4. The monoisotopic (exact) mass is 809 g/mol. The Bertz CT molecular complexity index is 1520. The van der Waals surface area contributed by atoms with Gasteiger partial charge in [0.15, 0.2) is 0 Å². The molecule has 0 fully saturated rings. The highest BCUT2D eigenvalue weighted by atomic mass is 16.4. The first kappa shape index (κ1) is 52.3. The zero-order chi connectivity index (χ0) is 43.6. The molecule has 2 aromatic rings. The van der Waals surface area contributed by atoms with Crippen LogP contribution in [-0.2, 0) is 25.7 Å². The minimum Gasteiger partial charge on any atom is -0.478 e. The second-order valence-corrected chi connectivity index (χ2v) is 17.4. The smallest absolute Gasteiger partial charge is 0.336 e. The SMILES string of the molecule is CC(C)CCCCCCc1ccc(C(=O)O)c(C(=O)O)c1CCCCCCC(C)C.CCCCC(CC)Cc1ccc(C(=O)O)c(C(=O)O)c1CC(CC)CCCC. The molecule has 0 aromatic heterocycles. The summed E-state index contributed by atoms with van der Waals surface area (Å²) in [5.41, 5.74) is 3.38. The van der Waals surface area contributed by atoms with E-state index >= 15 is 0 Å². The van der Waals surface area contributed by atoms with E-state index in [2.05, 4.69) is 55.4 Å². The van der Waals surface area contributed by atoms with Gasteiger partial charge in [0.1, 0.15) is 0 Å². The molecule has 2 atom stereocenters. The van der Waals surface area contributed by atoms with Crippen LogP contribution in [0.15, 0.2) is 24.3 Å². The summed E-state index contributed by atoms with van der Waals surface area (Å²) >= 11 is 0. The first-order valence-corrected chi connectivity index (χ1v) is 22.9. The summed E-state index contributed by atoms with van der Waals surface area (Å²) in [6.07, 6.45) is 23.0. The third-order valence-corrected chi connectivity index (χ3v) is 11.7. The van der Waals surface area contributed by atoms with E-state index in [0.29, 0.717) is 30.6 Å². The van der Waals surface area contributed by atoms with Crippen molar-refractivity contribution in [3.63, 3.8) is 0 Å². The molecular weight excluding hydrogens is 729 g/mol. The third-order valence-electron chi connectivity index (χ3n) is 11.7. The molecule has 328 valence electrons. The first-order chi connectivity index (χ1) is 27.6. The summed E-state index contributed by atoms with van der Waals surface area (Å²) < 4.78 is 0. The third kappa shape index (κ3) is 19.4. The highest BCUT2D eigenvalue weighted by Crippen LogP contribution is 2.30. The van der Waals surface area contributed by atoms with Crippen LogP contribution >= 0.6 is 0 Å². The molecule has 0 spiro atoms. The lowest BCUT2D eigenvalue weighted by Crippen LogP contribution is -2.18. The molecule has 0 radical (unpaired) electrons. The molecule has 0 amide bonds. The average Bonchev–Trinajstić information content (AvgIpc) is 3.17. The van der Waals surface area contributed by atoms with Crippen LogP contribution in [-0.4, -0.2) is 44.3 Å². The summed E-state index contributed by atoms with van der Waals surface area (Å²) in [7, 11) is 0. The van der Waals surface area contributed by atoms with Gasteiger partial charge in [-0.2, -0.15) is 0 Å². The Morgan fingerprint density at radius 1 is 0.448 bits per heavy atom. The van der Waals surface area contributed by atoms with Gasteiger partial charge in [0, 0.05) is 0 Å². The van der Waals surface area contributed by atoms with Crippen molar-refractivity contribution in [3.05, 3.63) is 68.8 Å². The van der Waals surface area contributed by atoms with Crippen molar-refractivity contribution >= 4 is 23.9 Å². The first-order valence-electron chi connectivity index (χ1n) is 22.9. The van der Waals surface area contributed by atoms with Gasteiger partial charge in [-0.3, -0.25) is 0 Å². The van der Waals surface area contributed by atoms with E-state index in [9.17, 15) is 39.6 Å². The lowest BCUT2D eigenvalue weighted by atomic mass is 9.82. The fraction of sp³-hybridized carbons (Fsp3) is 0.680. The van der Waals surface area contributed by atoms with Crippen molar-refractivity contribution in [1.29, 1.82) is 0 Å². The predicted octanol–water partition coefficient (Wildman–Crippen LogP) is 14.0. The van der Waals surface area contributed by atoms with Crippen molar-refractivity contribution in [3.8, 4) is 0 Å². The van der Waals surface area contributed by atoms with Crippen molar-refractivity contribution in [1.82, 2.24) is 0 Å². The number of hydrogen-bond donors (Lipinski definition) is 4. The standard InChI is InChI=1S/C26H42O4.C24H38O4/c1-19(2)13-9-5-7-11-15-21-17-18-23(25(27)28)24(26(29)30)22(21)16-12-8-6-10-14-20(3)4;1-5-9-11-17(7-3)15-19-13-14-20(23(25)26)22(24(27)28)21(19)16-18(8-4)12-10-6-2/h17-20H,5-16H2,1-4H3,(H,27,28)(H,29,30);13-14,17-18H,5-12,15-16H2,1-4H3,(H,25,26)(H,27,28). The van der Waals surface area contributed by atoms with Crippen LogP contribution in [0.3, 0.4) is 0 Å². The summed E-state index contributed by atoms with van der Waals surface area (Å²) in [6.45, 7) is 17.6. The second-order valence-electron chi connectivity index (χ2n) is 17.4. The molecule has 0 aliphatic carbocycles. The highest BCUT2D eigenvalue weighted by molar-refractivity contribution is 6.03. The number of carboxylic acids is 4. The maximum Gasteiger partial charge on any atom is 0.336 e. The van der Waals surface area contributed by atoms with Gasteiger partial charge < -0.3 is 20.4 Å². The van der Waals surface area contributed by atoms with E-state index in [1.165, 1.54) is 50.7 Å². The Morgan fingerprint density at radius 2 is 0.862 bits per heavy atom. The maximum absolute atomic E-state index is 12.0. The fourth-order valence-electron chi connectivity index (χ4n) is 8.09. The summed E-state index contributed by atoms with van der Waals surface area (Å²) in [5, 5.41) is 38.6. The van der Waals surface area contributed by atoms with Crippen LogP contribution in [0.1, 0.15) is 235 Å². The largest absolute Gasteiger partial charge is 0.478 e. The summed E-state index contributed by atoms with van der Waals surface area (Å²) in [6, 6.07) is 6.68. The van der Waals surface area contributed by atoms with Crippen LogP contribution in [0.2, 0.25) is 0 Å². The van der Waals surface area contributed by atoms with Gasteiger partial charge in [-0.25, -0.2) is 19.2 Å². The molecule has 8 nitrogen and oxygen atoms in total. The van der Waals surface area contributed by atoms with Crippen molar-refractivity contribution < 1.29 is 39.6 Å². The molecule has 2 unspecified atom stereocenters. The highest BCUT2D eigenvalue weighted by Gasteiger charge is 2.26. The molecule has 0 saturated carbocycles. The van der Waals surface area contributed by atoms with Crippen molar-refractivity contribution in [2.24, 2.45) is 23.7 Å². The number of hydrogen-bond acceptors (Lipinski definition) is 4. The van der Waals surface area contributed by atoms with E-state index in [0.717, 1.165) is 118 Å². The number of unbranched alkanes of at least 4 members (excludes halogenated alkanes) is 8. The lowest BCUT2D eigenvalue weighted by Gasteiger charge is -2.23. The van der Waals surface area contributed by atoms with Crippen LogP contribution in [0.4, 0.5) is 0 Å². The Kier molecular flexibility index (Phi) is 26.6. The van der Waals surface area contributed by atoms with E-state index in [4.69, 9.17) is 0 Å². The predicted molar refractivity (Wildman–Crippen MR) is 238 cm³/mol. The number of aromatic carboxylic acids is 4. The van der Waals surface area contributed by atoms with Crippen LogP contribution in [0.5, 0.6) is 0 Å². The lowest BCUT2D eigenvalue weighted by molar-refractivity contribution is 0.0650. The van der Waals surface area contributed by atoms with Gasteiger partial charge in [0.2, 0.25) is 0 Å². The van der Waals surface area contributed by atoms with Gasteiger partial charge in [0.25, 0.3) is 0 Å². The molecule has 0 aliphatic heterocycles. The van der Waals surface area contributed by atoms with Gasteiger partial charge in [0.05, 0.1) is 22.3 Å². The molecule has 4 N–H and O–H groups in total. The van der Waals surface area contributed by atoms with Crippen LogP contribution in [0, 0.1) is 23.7 Å². The zero-order valence-electron chi connectivity index (χ0n) is 37.6. The second kappa shape index (κ2) is 29.5. The summed E-state index contributed by atoms with van der Waals surface area (Å²) in [5.74, 6) is -2.23. The zero-order valence-corrected chi connectivity index (χ0v) is 37.6. The van der Waals surface area contributed by atoms with E-state index in [1.54, 1.807) is 0 Å². The molecule has 2 aromatic carbocycles. The number of carbonyl (C=O) groups is 4. The minimum absolute atomic E-state index is 0.00184. The van der Waals surface area contributed by atoms with E-state index in [-0.39, 0.29) is 22.3 Å². The Hall–Kier alpha value is -3.68. The Balaban J connectivity index is 0.000000581. The van der Waals surface area contributed by atoms with Gasteiger partial charge >= 0.3 is 23.9 Å². The van der Waals surface area contributed by atoms with E-state index < -0.39 is 23.9 Å². The summed E-state index contributed by atoms with van der Waals surface area (Å²) in [4.78, 5) is 47.2. The van der Waals surface area contributed by atoms with Gasteiger partial charge in [-0.15, -0.1) is 0 Å². The molecule has 2 rings (SSSR count). The quantitative estimate of drug-likeness (QED) is 0.0570. The van der Waals surface area contributed by atoms with Gasteiger partial charge in [-0.05, 0) is 96.6 Å². The molecule has 0 aliphatic rings. The topological polar surface area (TPSA) is 149 Å². The van der Waals surface area contributed by atoms with Crippen LogP contribution in [0.25, 0.3) is 0 Å². The van der Waals surface area contributed by atoms with Crippen LogP contribution < -0.4 is 0 Å². The Morgan fingerprint density at radius 3 is 1.28 bits per heavy atom. The molecule has 8 heteroatoms. The molecular formula is C50H80O8. The number of aryl methyl sites for hydroxylation is 1. The van der Waals surface area contributed by atoms with Crippen molar-refractivity contribution in [2.45, 2.75) is 197 Å². The number of benzene rings is 2. The van der Waals surface area contributed by atoms with Crippen molar-refractivity contribution in [2.75, 3.05) is 0 Å². The average molecular weight is 809 g/mol. The molecule has 0 bridgehead atoms.